The number of pyridine rings is 1. The van der Waals surface area contributed by atoms with Gasteiger partial charge in [-0.05, 0) is 25.1 Å². The van der Waals surface area contributed by atoms with Crippen LogP contribution in [0.5, 0.6) is 0 Å². The molecule has 0 aromatic carbocycles. The van der Waals surface area contributed by atoms with Gasteiger partial charge in [-0.3, -0.25) is 9.78 Å². The van der Waals surface area contributed by atoms with E-state index in [-0.39, 0.29) is 23.2 Å². The summed E-state index contributed by atoms with van der Waals surface area (Å²) in [6, 6.07) is 3.14. The summed E-state index contributed by atoms with van der Waals surface area (Å²) in [6.45, 7) is 0.261. The lowest BCUT2D eigenvalue weighted by Gasteiger charge is -2.37. The quantitative estimate of drug-likeness (QED) is 0.154. The number of rotatable bonds is 7. The molecule has 0 radical (unpaired) electrons. The summed E-state index contributed by atoms with van der Waals surface area (Å²) in [5, 5.41) is 12.6. The number of hydrogen-bond acceptors (Lipinski definition) is 10. The van der Waals surface area contributed by atoms with Crippen LogP contribution in [-0.4, -0.2) is 75.1 Å². The van der Waals surface area contributed by atoms with Gasteiger partial charge in [-0.2, -0.15) is 4.99 Å². The van der Waals surface area contributed by atoms with E-state index in [1.165, 1.54) is 12.3 Å². The van der Waals surface area contributed by atoms with Gasteiger partial charge in [-0.25, -0.2) is 23.0 Å². The van der Waals surface area contributed by atoms with E-state index in [2.05, 4.69) is 20.3 Å². The molecule has 2 amide bonds. The normalized spacial score (nSPS) is 25.1. The third-order valence-corrected chi connectivity index (χ3v) is 9.19. The van der Waals surface area contributed by atoms with Crippen LogP contribution in [0.25, 0.3) is 6.08 Å². The van der Waals surface area contributed by atoms with Crippen molar-refractivity contribution in [1.82, 2.24) is 20.2 Å². The highest BCUT2D eigenvalue weighted by Crippen LogP contribution is 2.49. The summed E-state index contributed by atoms with van der Waals surface area (Å²) in [6.07, 6.45) is 1.78. The number of hydrogen-bond donors (Lipinski definition) is 4. The number of nitrogens with two attached hydrogens (primary N) is 2. The highest BCUT2D eigenvalue weighted by Gasteiger charge is 2.72. The highest BCUT2D eigenvalue weighted by molar-refractivity contribution is 7.94. The summed E-state index contributed by atoms with van der Waals surface area (Å²) in [4.78, 5) is 49.8. The average molecular weight is 536 g/mol. The molecule has 2 aromatic heterocycles. The molecule has 2 saturated heterocycles. The number of guanidine groups is 1. The maximum Gasteiger partial charge on any atom is 0.407 e. The van der Waals surface area contributed by atoms with Gasteiger partial charge < -0.3 is 31.5 Å². The Morgan fingerprint density at radius 3 is 2.78 bits per heavy atom. The number of nitrogens with zero attached hydrogens (tertiary/aromatic N) is 4. The average Bonchev–Trinajstić information content (AvgIpc) is 3.32. The van der Waals surface area contributed by atoms with Gasteiger partial charge >= 0.3 is 12.1 Å². The van der Waals surface area contributed by atoms with Crippen LogP contribution in [0, 0.1) is 0 Å². The molecule has 2 fully saturated rings. The number of ether oxygens (including phenoxy) is 1. The van der Waals surface area contributed by atoms with Crippen molar-refractivity contribution < 1.29 is 32.6 Å². The first-order chi connectivity index (χ1) is 17.0. The number of aliphatic imine (C=N–C) groups is 1. The monoisotopic (exact) mass is 535 g/mol. The Labute approximate surface area is 208 Å². The van der Waals surface area contributed by atoms with Crippen molar-refractivity contribution in [3.05, 3.63) is 46.7 Å². The summed E-state index contributed by atoms with van der Waals surface area (Å²) in [5.41, 5.74) is 11.2. The summed E-state index contributed by atoms with van der Waals surface area (Å²) >= 11 is 1.13. The van der Waals surface area contributed by atoms with Crippen LogP contribution < -0.4 is 16.8 Å². The third-order valence-electron chi connectivity index (χ3n) is 5.69. The molecule has 0 bridgehead atoms. The van der Waals surface area contributed by atoms with Gasteiger partial charge in [0, 0.05) is 11.6 Å². The van der Waals surface area contributed by atoms with Gasteiger partial charge in [0.15, 0.2) is 27.2 Å². The molecule has 0 aliphatic carbocycles. The molecule has 2 aliphatic rings. The minimum absolute atomic E-state index is 0.0780. The van der Waals surface area contributed by atoms with Gasteiger partial charge in [0.25, 0.3) is 5.91 Å². The number of carbonyl (C=O) groups excluding carboxylic acids is 2. The minimum Gasteiger partial charge on any atom is -0.480 e. The van der Waals surface area contributed by atoms with Crippen LogP contribution >= 0.6 is 11.3 Å². The summed E-state index contributed by atoms with van der Waals surface area (Å²) in [7, 11) is -4.32. The maximum atomic E-state index is 13.4. The van der Waals surface area contributed by atoms with Crippen molar-refractivity contribution in [2.24, 2.45) is 16.5 Å². The van der Waals surface area contributed by atoms with Gasteiger partial charge in [-0.1, -0.05) is 6.07 Å². The van der Waals surface area contributed by atoms with E-state index in [1.807, 2.05) is 0 Å². The molecular weight excluding hydrogens is 514 g/mol. The molecule has 36 heavy (non-hydrogen) atoms. The van der Waals surface area contributed by atoms with Crippen molar-refractivity contribution in [3.8, 4) is 0 Å². The molecular formula is C20H21N7O7S2. The number of aromatic nitrogens is 2. The lowest BCUT2D eigenvalue weighted by Crippen LogP contribution is -2.59. The second-order valence-electron chi connectivity index (χ2n) is 8.11. The molecule has 190 valence electrons. The van der Waals surface area contributed by atoms with Crippen molar-refractivity contribution in [3.63, 3.8) is 0 Å². The van der Waals surface area contributed by atoms with Crippen LogP contribution in [-0.2, 0) is 30.7 Å². The van der Waals surface area contributed by atoms with Gasteiger partial charge in [0.1, 0.15) is 11.4 Å². The van der Waals surface area contributed by atoms with Crippen molar-refractivity contribution in [2.75, 3.05) is 6.61 Å². The molecule has 0 spiro atoms. The topological polar surface area (TPSA) is 220 Å². The van der Waals surface area contributed by atoms with Gasteiger partial charge in [-0.15, -0.1) is 11.3 Å². The molecule has 4 heterocycles. The van der Waals surface area contributed by atoms with Crippen LogP contribution in [0.1, 0.15) is 18.3 Å². The van der Waals surface area contributed by atoms with Crippen LogP contribution in [0.4, 0.5) is 9.93 Å². The molecule has 6 N–H and O–H groups in total. The zero-order valence-corrected chi connectivity index (χ0v) is 20.3. The molecule has 14 nitrogen and oxygen atoms in total. The van der Waals surface area contributed by atoms with Gasteiger partial charge in [0.05, 0.1) is 23.5 Å². The molecule has 0 unspecified atom stereocenters. The second kappa shape index (κ2) is 9.19. The largest absolute Gasteiger partial charge is 0.480 e. The summed E-state index contributed by atoms with van der Waals surface area (Å²) < 4.78 is 29.9. The standard InChI is InChI=1S/C20H21N7O7S2/c1-20(9-34-19(31)24-7-11-8-35-18(25-11)26-17(21)22)13(16(29)30)27-14(28)12(15(27)36(20,32)33)6-10-4-2-3-5-23-10/h2-6,8,13,15H,7,9H2,1H3,(H,24,31)(H,29,30)(H4,21,22,25,26)/b12-6-/t13-,15+,20-/m0/s1. The number of aliphatic carboxylic acids is 1. The number of carbonyl (C=O) groups is 3. The van der Waals surface area contributed by atoms with Crippen LogP contribution in [0.3, 0.4) is 0 Å². The Morgan fingerprint density at radius 1 is 1.39 bits per heavy atom. The van der Waals surface area contributed by atoms with Crippen LogP contribution in [0.15, 0.2) is 40.3 Å². The number of carboxylic acid groups (broad SMARTS) is 1. The molecule has 0 saturated carbocycles. The molecule has 4 rings (SSSR count). The van der Waals surface area contributed by atoms with Crippen molar-refractivity contribution >= 4 is 56.3 Å². The molecule has 3 atom stereocenters. The molecule has 2 aliphatic heterocycles. The SMILES string of the molecule is C[C@]1(COC(=O)NCc2csc(N=C(N)N)n2)[C@H](C(=O)O)N2C(=O)/C(=C/c3ccccn3)[C@H]2S1(=O)=O. The number of thiazole rings is 1. The number of alkyl carbamates (subject to hydrolysis) is 1. The minimum atomic E-state index is -4.32. The smallest absolute Gasteiger partial charge is 0.407 e. The Kier molecular flexibility index (Phi) is 6.40. The number of β-lactam (4-membered cyclic amide) rings is 1. The van der Waals surface area contributed by atoms with E-state index in [0.717, 1.165) is 23.2 Å². The number of amides is 2. The van der Waals surface area contributed by atoms with E-state index in [9.17, 15) is 27.9 Å². The first kappa shape index (κ1) is 25.1. The lowest BCUT2D eigenvalue weighted by molar-refractivity contribution is -0.153. The fourth-order valence-corrected chi connectivity index (χ4v) is 6.96. The van der Waals surface area contributed by atoms with E-state index < -0.39 is 50.6 Å². The first-order valence-electron chi connectivity index (χ1n) is 10.3. The van der Waals surface area contributed by atoms with E-state index in [0.29, 0.717) is 11.4 Å². The van der Waals surface area contributed by atoms with Crippen LogP contribution in [0.2, 0.25) is 0 Å². The number of carboxylic acids is 1. The first-order valence-corrected chi connectivity index (χ1v) is 12.7. The number of fused-ring (bicyclic) bond motifs is 1. The fraction of sp³-hybridized carbons (Fsp3) is 0.300. The van der Waals surface area contributed by atoms with Crippen molar-refractivity contribution in [1.29, 1.82) is 0 Å². The van der Waals surface area contributed by atoms with E-state index in [4.69, 9.17) is 16.2 Å². The Morgan fingerprint density at radius 2 is 2.14 bits per heavy atom. The zero-order valence-electron chi connectivity index (χ0n) is 18.7. The Bertz CT molecular complexity index is 1390. The number of nitrogens with one attached hydrogen (secondary N) is 1. The number of sulfone groups is 1. The van der Waals surface area contributed by atoms with Gasteiger partial charge in [0.2, 0.25) is 5.13 Å². The third kappa shape index (κ3) is 4.24. The molecule has 2 aromatic rings. The van der Waals surface area contributed by atoms with E-state index in [1.54, 1.807) is 23.6 Å². The maximum absolute atomic E-state index is 13.4. The predicted octanol–water partition coefficient (Wildman–Crippen LogP) is -0.439. The predicted molar refractivity (Wildman–Crippen MR) is 127 cm³/mol. The Hall–Kier alpha value is -4.05. The zero-order chi connectivity index (χ0) is 26.3. The second-order valence-corrected chi connectivity index (χ2v) is 11.4. The fourth-order valence-electron chi connectivity index (χ4n) is 3.98. The highest BCUT2D eigenvalue weighted by atomic mass is 32.2. The van der Waals surface area contributed by atoms with Crippen molar-refractivity contribution in [2.45, 2.75) is 29.6 Å². The lowest BCUT2D eigenvalue weighted by atomic mass is 9.94. The molecule has 16 heteroatoms. The summed E-state index contributed by atoms with van der Waals surface area (Å²) in [5.74, 6) is -2.45. The Balaban J connectivity index is 1.49. The van der Waals surface area contributed by atoms with E-state index >= 15 is 0 Å².